The van der Waals surface area contributed by atoms with Crippen molar-refractivity contribution in [3.05, 3.63) is 35.2 Å². The number of aromatic nitrogens is 4. The Balaban J connectivity index is 2.17. The first-order valence-corrected chi connectivity index (χ1v) is 6.98. The molecule has 8 heteroatoms. The number of imidazole rings is 1. The number of nitrogens with zero attached hydrogens (tertiary/aromatic N) is 3. The molecule has 1 fully saturated rings. The normalized spacial score (nSPS) is 30.4. The monoisotopic (exact) mass is 316 g/mol. The number of aromatic amines is 1. The number of ether oxygens (including phenoxy) is 1. The Hall–Kier alpha value is -2.47. The van der Waals surface area contributed by atoms with E-state index in [0.717, 1.165) is 0 Å². The summed E-state index contributed by atoms with van der Waals surface area (Å²) in [4.78, 5) is 22.8. The second-order valence-electron chi connectivity index (χ2n) is 5.43. The summed E-state index contributed by atoms with van der Waals surface area (Å²) in [7, 11) is 0. The topological polar surface area (TPSA) is 113 Å². The van der Waals surface area contributed by atoms with Gasteiger partial charge >= 0.3 is 0 Å². The van der Waals surface area contributed by atoms with Crippen LogP contribution < -0.4 is 5.56 Å². The summed E-state index contributed by atoms with van der Waals surface area (Å²) >= 11 is 0. The molecule has 0 aromatic carbocycles. The Kier molecular flexibility index (Phi) is 3.56. The average molecular weight is 316 g/mol. The Morgan fingerprint density at radius 2 is 2.43 bits per heavy atom. The maximum Gasteiger partial charge on any atom is 0.279 e. The first kappa shape index (κ1) is 15.4. The zero-order chi connectivity index (χ0) is 16.8. The average Bonchev–Trinajstić information content (AvgIpc) is 3.06. The minimum atomic E-state index is -1.55. The van der Waals surface area contributed by atoms with E-state index >= 15 is 0 Å². The summed E-state index contributed by atoms with van der Waals surface area (Å²) < 4.78 is 7.27. The number of terminal acetylenes is 1. The fraction of sp³-hybridized carbons (Fsp3) is 0.400. The van der Waals surface area contributed by atoms with E-state index in [1.807, 2.05) is 0 Å². The number of hydrogen-bond donors (Lipinski definition) is 3. The van der Waals surface area contributed by atoms with Crippen LogP contribution in [0.5, 0.6) is 0 Å². The van der Waals surface area contributed by atoms with Crippen molar-refractivity contribution in [2.24, 2.45) is 5.92 Å². The lowest BCUT2D eigenvalue weighted by Gasteiger charge is -2.23. The highest BCUT2D eigenvalue weighted by molar-refractivity contribution is 5.69. The number of aryl methyl sites for hydroxylation is 1. The van der Waals surface area contributed by atoms with Gasteiger partial charge in [-0.1, -0.05) is 12.0 Å². The van der Waals surface area contributed by atoms with Gasteiger partial charge in [-0.2, -0.15) is 0 Å². The molecule has 1 aliphatic heterocycles. The van der Waals surface area contributed by atoms with Gasteiger partial charge in [0.1, 0.15) is 18.2 Å². The van der Waals surface area contributed by atoms with E-state index in [-0.39, 0.29) is 11.1 Å². The molecule has 1 aliphatic rings. The van der Waals surface area contributed by atoms with E-state index in [1.54, 1.807) is 6.92 Å². The van der Waals surface area contributed by atoms with E-state index in [2.05, 4.69) is 27.5 Å². The van der Waals surface area contributed by atoms with Crippen molar-refractivity contribution in [2.75, 3.05) is 6.61 Å². The fourth-order valence-corrected chi connectivity index (χ4v) is 2.84. The quantitative estimate of drug-likeness (QED) is 0.519. The molecule has 0 aliphatic carbocycles. The third kappa shape index (κ3) is 2.09. The van der Waals surface area contributed by atoms with Crippen LogP contribution in [0, 0.1) is 25.2 Å². The van der Waals surface area contributed by atoms with Crippen LogP contribution in [0.3, 0.4) is 0 Å². The minimum absolute atomic E-state index is 0.152. The van der Waals surface area contributed by atoms with Crippen LogP contribution in [0.1, 0.15) is 12.1 Å². The largest absolute Gasteiger partial charge is 0.392 e. The van der Waals surface area contributed by atoms with Crippen molar-refractivity contribution in [3.63, 3.8) is 0 Å². The first-order chi connectivity index (χ1) is 11.0. The lowest BCUT2D eigenvalue weighted by atomic mass is 9.91. The van der Waals surface area contributed by atoms with Crippen molar-refractivity contribution in [3.8, 4) is 12.3 Å². The second kappa shape index (κ2) is 5.31. The van der Waals surface area contributed by atoms with Gasteiger partial charge in [-0.25, -0.2) is 9.97 Å². The Morgan fingerprint density at radius 1 is 1.70 bits per heavy atom. The molecule has 8 nitrogen and oxygen atoms in total. The van der Waals surface area contributed by atoms with Crippen LogP contribution in [0.2, 0.25) is 0 Å². The smallest absolute Gasteiger partial charge is 0.279 e. The van der Waals surface area contributed by atoms with Crippen LogP contribution >= 0.6 is 0 Å². The molecule has 3 rings (SSSR count). The van der Waals surface area contributed by atoms with E-state index in [1.165, 1.54) is 17.0 Å². The van der Waals surface area contributed by atoms with Gasteiger partial charge in [-0.3, -0.25) is 9.36 Å². The standard InChI is InChI=1S/C15H16N4O4/c1-4-9-11(21)15(5-2,6-20)23-14(9)19-7-16-10-12(19)17-8(3)18-13(10)22/h2,4,7,9,11,14,20-21H,1,6H2,3H3,(H,17,18,22)/t9-,11-,14+,15+/m0/s1. The summed E-state index contributed by atoms with van der Waals surface area (Å²) in [5.74, 6) is 2.13. The van der Waals surface area contributed by atoms with Gasteiger partial charge in [0.2, 0.25) is 0 Å². The maximum absolute atomic E-state index is 11.9. The Labute approximate surface area is 131 Å². The Bertz CT molecular complexity index is 864. The molecule has 0 radical (unpaired) electrons. The summed E-state index contributed by atoms with van der Waals surface area (Å²) in [5, 5.41) is 20.0. The molecule has 23 heavy (non-hydrogen) atoms. The summed E-state index contributed by atoms with van der Waals surface area (Å²) in [6.07, 6.45) is 6.39. The lowest BCUT2D eigenvalue weighted by molar-refractivity contribution is -0.0895. The molecule has 0 bridgehead atoms. The van der Waals surface area contributed by atoms with Gasteiger partial charge in [-0.05, 0) is 6.92 Å². The molecule has 1 saturated heterocycles. The van der Waals surface area contributed by atoms with Crippen LogP contribution in [-0.2, 0) is 4.74 Å². The molecule has 4 atom stereocenters. The van der Waals surface area contributed by atoms with Crippen LogP contribution in [0.4, 0.5) is 0 Å². The number of hydrogen-bond acceptors (Lipinski definition) is 6. The molecule has 3 N–H and O–H groups in total. The molecule has 0 amide bonds. The predicted octanol–water partition coefficient (Wildman–Crippen LogP) is -0.516. The van der Waals surface area contributed by atoms with Crippen LogP contribution in [-0.4, -0.2) is 48.0 Å². The number of H-pyrrole nitrogens is 1. The third-order valence-electron chi connectivity index (χ3n) is 4.08. The van der Waals surface area contributed by atoms with Crippen molar-refractivity contribution in [2.45, 2.75) is 24.9 Å². The van der Waals surface area contributed by atoms with E-state index in [4.69, 9.17) is 11.2 Å². The van der Waals surface area contributed by atoms with Crippen molar-refractivity contribution in [1.29, 1.82) is 0 Å². The van der Waals surface area contributed by atoms with Gasteiger partial charge in [0.05, 0.1) is 18.9 Å². The van der Waals surface area contributed by atoms with Crippen LogP contribution in [0.15, 0.2) is 23.8 Å². The molecule has 3 heterocycles. The van der Waals surface area contributed by atoms with Gasteiger partial charge in [0.25, 0.3) is 5.56 Å². The number of aliphatic hydroxyl groups excluding tert-OH is 2. The third-order valence-corrected chi connectivity index (χ3v) is 4.08. The number of aliphatic hydroxyl groups is 2. The molecule has 0 spiro atoms. The number of nitrogens with one attached hydrogen (secondary N) is 1. The predicted molar refractivity (Wildman–Crippen MR) is 81.4 cm³/mol. The van der Waals surface area contributed by atoms with E-state index < -0.39 is 30.5 Å². The Morgan fingerprint density at radius 3 is 3.04 bits per heavy atom. The summed E-state index contributed by atoms with van der Waals surface area (Å²) in [6.45, 7) is 4.79. The molecule has 0 saturated carbocycles. The number of rotatable bonds is 3. The molecular formula is C15H16N4O4. The lowest BCUT2D eigenvalue weighted by Crippen LogP contribution is -2.43. The van der Waals surface area contributed by atoms with Crippen molar-refractivity contribution in [1.82, 2.24) is 19.5 Å². The van der Waals surface area contributed by atoms with E-state index in [0.29, 0.717) is 11.5 Å². The van der Waals surface area contributed by atoms with Gasteiger partial charge < -0.3 is 19.9 Å². The molecule has 120 valence electrons. The maximum atomic E-state index is 11.9. The highest BCUT2D eigenvalue weighted by atomic mass is 16.6. The van der Waals surface area contributed by atoms with Crippen molar-refractivity contribution < 1.29 is 14.9 Å². The molecule has 0 unspecified atom stereocenters. The SMILES string of the molecule is C#C[C@]1(CO)O[C@@H](n2cnc3c(=O)[nH]c(C)nc32)[C@@H](C=C)[C@@H]1O. The first-order valence-electron chi connectivity index (χ1n) is 6.98. The number of fused-ring (bicyclic) bond motifs is 1. The van der Waals surface area contributed by atoms with E-state index in [9.17, 15) is 15.0 Å². The highest BCUT2D eigenvalue weighted by Crippen LogP contribution is 2.42. The van der Waals surface area contributed by atoms with Crippen molar-refractivity contribution >= 4 is 11.2 Å². The van der Waals surface area contributed by atoms with Gasteiger partial charge in [0.15, 0.2) is 16.8 Å². The summed E-state index contributed by atoms with van der Waals surface area (Å²) in [5.41, 5.74) is -1.46. The molecule has 2 aromatic rings. The fourth-order valence-electron chi connectivity index (χ4n) is 2.84. The molecule has 2 aromatic heterocycles. The zero-order valence-electron chi connectivity index (χ0n) is 12.4. The zero-order valence-corrected chi connectivity index (χ0v) is 12.4. The highest BCUT2D eigenvalue weighted by Gasteiger charge is 2.53. The van der Waals surface area contributed by atoms with Gasteiger partial charge in [0, 0.05) is 0 Å². The second-order valence-corrected chi connectivity index (χ2v) is 5.43. The summed E-state index contributed by atoms with van der Waals surface area (Å²) in [6, 6.07) is 0. The van der Waals surface area contributed by atoms with Crippen LogP contribution in [0.25, 0.3) is 11.2 Å². The van der Waals surface area contributed by atoms with Gasteiger partial charge in [-0.15, -0.1) is 13.0 Å². The molecular weight excluding hydrogens is 300 g/mol. The minimum Gasteiger partial charge on any atom is -0.392 e.